The van der Waals surface area contributed by atoms with Crippen molar-refractivity contribution in [2.45, 2.75) is 57.8 Å². The van der Waals surface area contributed by atoms with E-state index in [-0.39, 0.29) is 12.5 Å². The number of nitrogens with zero attached hydrogens (tertiary/aromatic N) is 2. The summed E-state index contributed by atoms with van der Waals surface area (Å²) >= 11 is 0. The molecular weight excluding hydrogens is 309 g/mol. The summed E-state index contributed by atoms with van der Waals surface area (Å²) in [4.78, 5) is 12.1. The fourth-order valence-electron chi connectivity index (χ4n) is 3.22. The zero-order chi connectivity index (χ0) is 17.2. The van der Waals surface area contributed by atoms with Crippen molar-refractivity contribution < 1.29 is 18.0 Å². The van der Waals surface area contributed by atoms with E-state index in [0.29, 0.717) is 19.3 Å². The van der Waals surface area contributed by atoms with Gasteiger partial charge in [-0.05, 0) is 26.7 Å². The van der Waals surface area contributed by atoms with Crippen molar-refractivity contribution >= 4 is 6.03 Å². The number of hydrogen-bond donors (Lipinski definition) is 2. The van der Waals surface area contributed by atoms with E-state index in [4.69, 9.17) is 0 Å². The van der Waals surface area contributed by atoms with E-state index in [0.717, 1.165) is 11.3 Å². The Balaban J connectivity index is 1.96. The summed E-state index contributed by atoms with van der Waals surface area (Å²) in [6.07, 6.45) is -0.795. The van der Waals surface area contributed by atoms with Gasteiger partial charge in [0.15, 0.2) is 0 Å². The summed E-state index contributed by atoms with van der Waals surface area (Å²) in [5, 5.41) is 9.40. The molecule has 1 aromatic rings. The molecule has 5 nitrogen and oxygen atoms in total. The van der Waals surface area contributed by atoms with Crippen molar-refractivity contribution in [3.8, 4) is 0 Å². The molecule has 2 amide bonds. The lowest BCUT2D eigenvalue weighted by molar-refractivity contribution is -0.187. The van der Waals surface area contributed by atoms with Gasteiger partial charge < -0.3 is 10.6 Å². The molecule has 0 saturated heterocycles. The molecule has 0 bridgehead atoms. The minimum absolute atomic E-state index is 0.0751. The number of urea groups is 1. The van der Waals surface area contributed by atoms with Gasteiger partial charge in [-0.1, -0.05) is 12.8 Å². The van der Waals surface area contributed by atoms with Crippen LogP contribution in [0.1, 0.15) is 49.9 Å². The zero-order valence-electron chi connectivity index (χ0n) is 13.6. The quantitative estimate of drug-likeness (QED) is 0.893. The maximum atomic E-state index is 13.0. The molecule has 130 valence electrons. The fourth-order valence-corrected chi connectivity index (χ4v) is 3.22. The van der Waals surface area contributed by atoms with E-state index in [2.05, 4.69) is 15.7 Å². The van der Waals surface area contributed by atoms with Crippen molar-refractivity contribution in [1.82, 2.24) is 20.4 Å². The van der Waals surface area contributed by atoms with Crippen LogP contribution in [-0.2, 0) is 7.05 Å². The largest absolute Gasteiger partial charge is 0.393 e. The van der Waals surface area contributed by atoms with Crippen LogP contribution in [-0.4, -0.2) is 28.0 Å². The van der Waals surface area contributed by atoms with Gasteiger partial charge in [0.1, 0.15) is 0 Å². The third kappa shape index (κ3) is 4.39. The molecule has 8 heteroatoms. The molecule has 0 unspecified atom stereocenters. The van der Waals surface area contributed by atoms with Crippen molar-refractivity contribution in [3.05, 3.63) is 17.5 Å². The number of rotatable bonds is 3. The van der Waals surface area contributed by atoms with Crippen LogP contribution in [0.3, 0.4) is 0 Å². The summed E-state index contributed by atoms with van der Waals surface area (Å²) in [5.74, 6) is -1.46. The second-order valence-corrected chi connectivity index (χ2v) is 6.22. The zero-order valence-corrected chi connectivity index (χ0v) is 13.6. The Labute approximate surface area is 133 Å². The SMILES string of the molecule is Cc1nn(C)cc1[C@H](C)NC(=O)N[C@H]1CCCC[C@@H]1C(F)(F)F. The summed E-state index contributed by atoms with van der Waals surface area (Å²) in [5.41, 5.74) is 1.63. The van der Waals surface area contributed by atoms with Crippen LogP contribution in [0.4, 0.5) is 18.0 Å². The number of halogens is 3. The molecule has 1 aliphatic carbocycles. The number of carbonyl (C=O) groups is 1. The fraction of sp³-hybridized carbons (Fsp3) is 0.733. The molecule has 0 spiro atoms. The highest BCUT2D eigenvalue weighted by Crippen LogP contribution is 2.37. The molecule has 2 N–H and O–H groups in total. The Morgan fingerprint density at radius 3 is 2.61 bits per heavy atom. The molecule has 3 atom stereocenters. The highest BCUT2D eigenvalue weighted by molar-refractivity contribution is 5.74. The van der Waals surface area contributed by atoms with Gasteiger partial charge in [-0.2, -0.15) is 18.3 Å². The number of alkyl halides is 3. The van der Waals surface area contributed by atoms with Gasteiger partial charge in [-0.3, -0.25) is 4.68 Å². The Kier molecular flexibility index (Phi) is 5.21. The van der Waals surface area contributed by atoms with Crippen molar-refractivity contribution in [1.29, 1.82) is 0 Å². The van der Waals surface area contributed by atoms with Gasteiger partial charge in [0, 0.05) is 24.8 Å². The van der Waals surface area contributed by atoms with Crippen molar-refractivity contribution in [3.63, 3.8) is 0 Å². The van der Waals surface area contributed by atoms with Crippen LogP contribution < -0.4 is 10.6 Å². The minimum atomic E-state index is -4.27. The summed E-state index contributed by atoms with van der Waals surface area (Å²) < 4.78 is 40.8. The molecule has 0 aliphatic heterocycles. The predicted molar refractivity (Wildman–Crippen MR) is 79.8 cm³/mol. The van der Waals surface area contributed by atoms with E-state index in [9.17, 15) is 18.0 Å². The second-order valence-electron chi connectivity index (χ2n) is 6.22. The Bertz CT molecular complexity index is 555. The van der Waals surface area contributed by atoms with Crippen LogP contribution in [0.2, 0.25) is 0 Å². The average Bonchev–Trinajstić information content (AvgIpc) is 2.77. The molecule has 1 saturated carbocycles. The third-order valence-corrected chi connectivity index (χ3v) is 4.37. The van der Waals surface area contributed by atoms with E-state index in [1.54, 1.807) is 24.9 Å². The standard InChI is InChI=1S/C15H23F3N4O/c1-9(11-8-22(3)21-10(11)2)19-14(23)20-13-7-5-4-6-12(13)15(16,17)18/h8-9,12-13H,4-7H2,1-3H3,(H2,19,20,23)/t9-,12-,13-/m0/s1. The molecule has 2 rings (SSSR count). The first-order valence-corrected chi connectivity index (χ1v) is 7.82. The van der Waals surface area contributed by atoms with Crippen LogP contribution >= 0.6 is 0 Å². The lowest BCUT2D eigenvalue weighted by atomic mass is 9.84. The number of amides is 2. The number of aryl methyl sites for hydroxylation is 2. The second kappa shape index (κ2) is 6.80. The molecule has 0 aromatic carbocycles. The Morgan fingerprint density at radius 1 is 1.39 bits per heavy atom. The molecule has 1 heterocycles. The molecule has 1 fully saturated rings. The first kappa shape index (κ1) is 17.6. The number of hydrogen-bond acceptors (Lipinski definition) is 2. The molecular formula is C15H23F3N4O. The number of nitrogens with one attached hydrogen (secondary N) is 2. The maximum absolute atomic E-state index is 13.0. The lowest BCUT2D eigenvalue weighted by Gasteiger charge is -2.33. The van der Waals surface area contributed by atoms with Gasteiger partial charge >= 0.3 is 12.2 Å². The Morgan fingerprint density at radius 2 is 2.04 bits per heavy atom. The van der Waals surface area contributed by atoms with Gasteiger partial charge in [0.25, 0.3) is 0 Å². The highest BCUT2D eigenvalue weighted by Gasteiger charge is 2.46. The summed E-state index contributed by atoms with van der Waals surface area (Å²) in [7, 11) is 1.78. The van der Waals surface area contributed by atoms with E-state index < -0.39 is 24.2 Å². The predicted octanol–water partition coefficient (Wildman–Crippen LogP) is 3.21. The highest BCUT2D eigenvalue weighted by atomic mass is 19.4. The number of carbonyl (C=O) groups excluding carboxylic acids is 1. The molecule has 1 aromatic heterocycles. The minimum Gasteiger partial charge on any atom is -0.335 e. The maximum Gasteiger partial charge on any atom is 0.393 e. The van der Waals surface area contributed by atoms with Crippen LogP contribution in [0.5, 0.6) is 0 Å². The topological polar surface area (TPSA) is 59.0 Å². The smallest absolute Gasteiger partial charge is 0.335 e. The van der Waals surface area contributed by atoms with Crippen LogP contribution in [0.25, 0.3) is 0 Å². The first-order valence-electron chi connectivity index (χ1n) is 7.82. The lowest BCUT2D eigenvalue weighted by Crippen LogP contribution is -2.51. The summed E-state index contributed by atoms with van der Waals surface area (Å²) in [6.45, 7) is 3.61. The first-order chi connectivity index (χ1) is 10.7. The van der Waals surface area contributed by atoms with E-state index in [1.165, 1.54) is 0 Å². The van der Waals surface area contributed by atoms with Gasteiger partial charge in [-0.25, -0.2) is 4.79 Å². The van der Waals surface area contributed by atoms with Gasteiger partial charge in [0.2, 0.25) is 0 Å². The van der Waals surface area contributed by atoms with Crippen molar-refractivity contribution in [2.75, 3.05) is 0 Å². The Hall–Kier alpha value is -1.73. The van der Waals surface area contributed by atoms with Crippen LogP contribution in [0, 0.1) is 12.8 Å². The monoisotopic (exact) mass is 332 g/mol. The summed E-state index contributed by atoms with van der Waals surface area (Å²) in [6, 6.07) is -1.75. The van der Waals surface area contributed by atoms with E-state index >= 15 is 0 Å². The van der Waals surface area contributed by atoms with Gasteiger partial charge in [-0.15, -0.1) is 0 Å². The van der Waals surface area contributed by atoms with Crippen molar-refractivity contribution in [2.24, 2.45) is 13.0 Å². The van der Waals surface area contributed by atoms with Gasteiger partial charge in [0.05, 0.1) is 17.7 Å². The third-order valence-electron chi connectivity index (χ3n) is 4.37. The van der Waals surface area contributed by atoms with E-state index in [1.807, 2.05) is 6.92 Å². The average molecular weight is 332 g/mol. The molecule has 0 radical (unpaired) electrons. The molecule has 1 aliphatic rings. The number of aromatic nitrogens is 2. The normalized spacial score (nSPS) is 23.4. The molecule has 23 heavy (non-hydrogen) atoms. The van der Waals surface area contributed by atoms with Crippen LogP contribution in [0.15, 0.2) is 6.20 Å².